The molecule has 1 amide bonds. The van der Waals surface area contributed by atoms with Crippen molar-refractivity contribution in [3.05, 3.63) is 35.4 Å². The molecule has 0 spiro atoms. The molecule has 3 rings (SSSR count). The fourth-order valence-corrected chi connectivity index (χ4v) is 3.61. The number of aromatic nitrogens is 2. The van der Waals surface area contributed by atoms with E-state index in [4.69, 9.17) is 34.2 Å². The van der Waals surface area contributed by atoms with Crippen molar-refractivity contribution in [3.63, 3.8) is 0 Å². The smallest absolute Gasteiger partial charge is 0.414 e. The SMILES string of the molecule is CC(C)c1noc(N2CCN(C(C)CCOc3ccc(C(=O)NC[C@H](O)CO)c(F)c3)CC2)n1.O=C(O)C(=O)O. The molecule has 1 unspecified atom stereocenters. The highest BCUT2D eigenvalue weighted by Gasteiger charge is 2.25. The van der Waals surface area contributed by atoms with E-state index in [1.807, 2.05) is 13.8 Å². The van der Waals surface area contributed by atoms with Crippen LogP contribution in [0.4, 0.5) is 10.4 Å². The van der Waals surface area contributed by atoms with Gasteiger partial charge >= 0.3 is 18.0 Å². The zero-order valence-electron chi connectivity index (χ0n) is 22.6. The standard InChI is InChI=1S/C23H34FN5O5.C2H2O4/c1-15(2)21-26-23(34-27-21)29-9-7-28(8-10-29)16(3)6-11-33-18-4-5-19(20(24)12-18)22(32)25-13-17(31)14-30;3-1(4)2(5)6/h4-5,12,15-17,30-31H,6-11,13-14H2,1-3H3,(H,25,32);(H,3,4)(H,5,6)/t16?,17-;/m0./s1. The summed E-state index contributed by atoms with van der Waals surface area (Å²) in [5, 5.41) is 39.3. The lowest BCUT2D eigenvalue weighted by Gasteiger charge is -2.37. The fourth-order valence-electron chi connectivity index (χ4n) is 3.61. The number of aliphatic carboxylic acids is 2. The molecule has 1 aromatic carbocycles. The van der Waals surface area contributed by atoms with Gasteiger partial charge in [-0.25, -0.2) is 14.0 Å². The number of nitrogens with one attached hydrogen (secondary N) is 1. The predicted octanol–water partition coefficient (Wildman–Crippen LogP) is 0.550. The maximum Gasteiger partial charge on any atom is 0.414 e. The first kappa shape index (κ1) is 32.4. The van der Waals surface area contributed by atoms with Crippen LogP contribution in [0.3, 0.4) is 0 Å². The number of hydrogen-bond acceptors (Lipinski definition) is 11. The molecule has 1 fully saturated rings. The molecule has 0 aliphatic carbocycles. The van der Waals surface area contributed by atoms with E-state index in [0.717, 1.165) is 32.6 Å². The van der Waals surface area contributed by atoms with Gasteiger partial charge in [-0.15, -0.1) is 0 Å². The number of rotatable bonds is 11. The van der Waals surface area contributed by atoms with Crippen LogP contribution in [0.1, 0.15) is 49.3 Å². The van der Waals surface area contributed by atoms with Gasteiger partial charge in [-0.3, -0.25) is 9.69 Å². The summed E-state index contributed by atoms with van der Waals surface area (Å²) in [5.74, 6) is -3.73. The fraction of sp³-hybridized carbons (Fsp3) is 0.560. The Hall–Kier alpha value is -3.82. The number of anilines is 1. The van der Waals surface area contributed by atoms with Crippen molar-refractivity contribution >= 4 is 23.9 Å². The third-order valence-electron chi connectivity index (χ3n) is 6.04. The van der Waals surface area contributed by atoms with E-state index < -0.39 is 36.4 Å². The highest BCUT2D eigenvalue weighted by molar-refractivity contribution is 6.27. The lowest BCUT2D eigenvalue weighted by atomic mass is 10.1. The van der Waals surface area contributed by atoms with Crippen molar-refractivity contribution in [1.29, 1.82) is 0 Å². The monoisotopic (exact) mass is 569 g/mol. The molecular formula is C25H36FN5O9. The molecule has 0 saturated carbocycles. The normalized spacial score (nSPS) is 15.1. The number of halogens is 1. The number of benzene rings is 1. The van der Waals surface area contributed by atoms with Gasteiger partial charge in [0.15, 0.2) is 5.82 Å². The molecule has 5 N–H and O–H groups in total. The van der Waals surface area contributed by atoms with Gasteiger partial charge in [0, 0.05) is 50.7 Å². The van der Waals surface area contributed by atoms with Gasteiger partial charge in [-0.05, 0) is 25.5 Å². The number of carbonyl (C=O) groups is 3. The summed E-state index contributed by atoms with van der Waals surface area (Å²) in [6.45, 7) is 9.30. The molecule has 2 aromatic rings. The van der Waals surface area contributed by atoms with Gasteiger partial charge in [0.05, 0.1) is 24.9 Å². The second kappa shape index (κ2) is 15.7. The van der Waals surface area contributed by atoms with E-state index in [1.54, 1.807) is 6.07 Å². The third-order valence-corrected chi connectivity index (χ3v) is 6.04. The lowest BCUT2D eigenvalue weighted by Crippen LogP contribution is -2.50. The average molecular weight is 570 g/mol. The topological polar surface area (TPSA) is 199 Å². The van der Waals surface area contributed by atoms with Gasteiger partial charge in [0.2, 0.25) is 0 Å². The molecule has 1 saturated heterocycles. The Morgan fingerprint density at radius 2 is 1.77 bits per heavy atom. The van der Waals surface area contributed by atoms with Crippen LogP contribution in [0.15, 0.2) is 22.7 Å². The highest BCUT2D eigenvalue weighted by atomic mass is 19.1. The van der Waals surface area contributed by atoms with E-state index in [-0.39, 0.29) is 24.1 Å². The molecule has 0 radical (unpaired) electrons. The molecule has 2 atom stereocenters. The van der Waals surface area contributed by atoms with E-state index in [2.05, 4.69) is 32.2 Å². The summed E-state index contributed by atoms with van der Waals surface area (Å²) >= 11 is 0. The van der Waals surface area contributed by atoms with E-state index >= 15 is 0 Å². The van der Waals surface area contributed by atoms with Crippen LogP contribution in [0.25, 0.3) is 0 Å². The number of aliphatic hydroxyl groups is 2. The van der Waals surface area contributed by atoms with E-state index in [9.17, 15) is 14.3 Å². The van der Waals surface area contributed by atoms with Crippen LogP contribution in [-0.2, 0) is 9.59 Å². The molecular weight excluding hydrogens is 533 g/mol. The zero-order valence-corrected chi connectivity index (χ0v) is 22.6. The number of aliphatic hydroxyl groups excluding tert-OH is 2. The van der Waals surface area contributed by atoms with Crippen molar-refractivity contribution in [1.82, 2.24) is 20.4 Å². The summed E-state index contributed by atoms with van der Waals surface area (Å²) in [6.07, 6.45) is -0.322. The first-order valence-electron chi connectivity index (χ1n) is 12.7. The van der Waals surface area contributed by atoms with Crippen LogP contribution >= 0.6 is 0 Å². The average Bonchev–Trinajstić information content (AvgIpc) is 3.43. The largest absolute Gasteiger partial charge is 0.493 e. The zero-order chi connectivity index (χ0) is 29.8. The third kappa shape index (κ3) is 10.1. The summed E-state index contributed by atoms with van der Waals surface area (Å²) < 4.78 is 25.4. The van der Waals surface area contributed by atoms with Crippen LogP contribution in [0, 0.1) is 5.82 Å². The Kier molecular flexibility index (Phi) is 12.7. The Morgan fingerprint density at radius 3 is 2.30 bits per heavy atom. The van der Waals surface area contributed by atoms with Crippen molar-refractivity contribution < 1.29 is 48.5 Å². The van der Waals surface area contributed by atoms with Crippen molar-refractivity contribution in [3.8, 4) is 5.75 Å². The van der Waals surface area contributed by atoms with Gasteiger partial charge < -0.3 is 39.9 Å². The maximum absolute atomic E-state index is 14.3. The Bertz CT molecular complexity index is 1110. The lowest BCUT2D eigenvalue weighted by molar-refractivity contribution is -0.159. The molecule has 1 aliphatic heterocycles. The molecule has 0 bridgehead atoms. The molecule has 2 heterocycles. The van der Waals surface area contributed by atoms with Crippen LogP contribution in [-0.4, -0.2) is 111 Å². The summed E-state index contributed by atoms with van der Waals surface area (Å²) in [5.41, 5.74) is -0.148. The number of piperazine rings is 1. The number of carboxylic acids is 2. The number of amides is 1. The van der Waals surface area contributed by atoms with Crippen molar-refractivity contribution in [2.24, 2.45) is 0 Å². The first-order chi connectivity index (χ1) is 18.9. The van der Waals surface area contributed by atoms with E-state index in [0.29, 0.717) is 24.2 Å². The van der Waals surface area contributed by atoms with Crippen molar-refractivity contribution in [2.45, 2.75) is 45.3 Å². The summed E-state index contributed by atoms with van der Waals surface area (Å²) in [6, 6.07) is 4.92. The number of hydrogen-bond donors (Lipinski definition) is 5. The predicted molar refractivity (Wildman–Crippen MR) is 139 cm³/mol. The van der Waals surface area contributed by atoms with Gasteiger partial charge in [0.1, 0.15) is 11.6 Å². The van der Waals surface area contributed by atoms with Gasteiger partial charge in [0.25, 0.3) is 5.91 Å². The Labute approximate surface area is 230 Å². The minimum Gasteiger partial charge on any atom is -0.493 e. The molecule has 1 aliphatic rings. The van der Waals surface area contributed by atoms with E-state index in [1.165, 1.54) is 12.1 Å². The number of ether oxygens (including phenoxy) is 1. The molecule has 40 heavy (non-hydrogen) atoms. The maximum atomic E-state index is 14.3. The first-order valence-corrected chi connectivity index (χ1v) is 12.7. The summed E-state index contributed by atoms with van der Waals surface area (Å²) in [4.78, 5) is 39.1. The Balaban J connectivity index is 0.000000840. The number of carboxylic acid groups (broad SMARTS) is 2. The molecule has 14 nitrogen and oxygen atoms in total. The molecule has 1 aromatic heterocycles. The highest BCUT2D eigenvalue weighted by Crippen LogP contribution is 2.20. The minimum absolute atomic E-state index is 0.148. The molecule has 15 heteroatoms. The Morgan fingerprint density at radius 1 is 1.12 bits per heavy atom. The van der Waals surface area contributed by atoms with Crippen molar-refractivity contribution in [2.75, 3.05) is 50.8 Å². The number of carbonyl (C=O) groups excluding carboxylic acids is 1. The second-order valence-corrected chi connectivity index (χ2v) is 9.40. The minimum atomic E-state index is -1.82. The molecule has 222 valence electrons. The van der Waals surface area contributed by atoms with Gasteiger partial charge in [-0.1, -0.05) is 19.0 Å². The van der Waals surface area contributed by atoms with Crippen LogP contribution < -0.4 is 15.0 Å². The van der Waals surface area contributed by atoms with Gasteiger partial charge in [-0.2, -0.15) is 4.98 Å². The quantitative estimate of drug-likeness (QED) is 0.235. The van der Waals surface area contributed by atoms with Crippen LogP contribution in [0.5, 0.6) is 5.75 Å². The number of nitrogens with zero attached hydrogens (tertiary/aromatic N) is 4. The summed E-state index contributed by atoms with van der Waals surface area (Å²) in [7, 11) is 0. The van der Waals surface area contributed by atoms with Crippen LogP contribution in [0.2, 0.25) is 0 Å². The second-order valence-electron chi connectivity index (χ2n) is 9.40.